The third-order valence-electron chi connectivity index (χ3n) is 6.66. The van der Waals surface area contributed by atoms with Crippen molar-refractivity contribution in [3.8, 4) is 17.4 Å². The maximum Gasteiger partial charge on any atom is 0.228 e. The van der Waals surface area contributed by atoms with E-state index in [1.807, 2.05) is 42.5 Å². The Morgan fingerprint density at radius 2 is 1.69 bits per heavy atom. The molecule has 6 nitrogen and oxygen atoms in total. The summed E-state index contributed by atoms with van der Waals surface area (Å²) in [6.45, 7) is 2.31. The normalized spacial score (nSPS) is 14.3. The second kappa shape index (κ2) is 8.20. The largest absolute Gasteiger partial charge is 0.486 e. The van der Waals surface area contributed by atoms with Gasteiger partial charge < -0.3 is 9.47 Å². The quantitative estimate of drug-likeness (QED) is 0.296. The molecule has 36 heavy (non-hydrogen) atoms. The first-order valence-electron chi connectivity index (χ1n) is 11.9. The van der Waals surface area contributed by atoms with Gasteiger partial charge in [0, 0.05) is 16.9 Å². The Bertz CT molecular complexity index is 1730. The van der Waals surface area contributed by atoms with Gasteiger partial charge in [-0.1, -0.05) is 84.4 Å². The Morgan fingerprint density at radius 3 is 2.56 bits per heavy atom. The highest BCUT2D eigenvalue weighted by molar-refractivity contribution is 5.91. The Labute approximate surface area is 207 Å². The van der Waals surface area contributed by atoms with Crippen molar-refractivity contribution in [2.75, 3.05) is 0 Å². The first-order chi connectivity index (χ1) is 17.7. The third-order valence-corrected chi connectivity index (χ3v) is 6.66. The first kappa shape index (κ1) is 20.6. The third kappa shape index (κ3) is 3.38. The highest BCUT2D eigenvalue weighted by Crippen LogP contribution is 2.50. The summed E-state index contributed by atoms with van der Waals surface area (Å²) in [5.41, 5.74) is 5.04. The van der Waals surface area contributed by atoms with Crippen molar-refractivity contribution in [3.05, 3.63) is 125 Å². The predicted octanol–water partition coefficient (Wildman–Crippen LogP) is 6.45. The number of aromatic nitrogens is 4. The van der Waals surface area contributed by atoms with Crippen LogP contribution in [0.25, 0.3) is 16.4 Å². The number of hydrogen-bond donors (Lipinski definition) is 0. The van der Waals surface area contributed by atoms with E-state index in [-0.39, 0.29) is 12.5 Å². The van der Waals surface area contributed by atoms with Gasteiger partial charge in [-0.05, 0) is 30.0 Å². The lowest BCUT2D eigenvalue weighted by atomic mass is 9.83. The van der Waals surface area contributed by atoms with Crippen LogP contribution in [0.1, 0.15) is 34.0 Å². The van der Waals surface area contributed by atoms with E-state index in [0.29, 0.717) is 11.7 Å². The van der Waals surface area contributed by atoms with Gasteiger partial charge in [0.25, 0.3) is 0 Å². The minimum atomic E-state index is -0.0965. The van der Waals surface area contributed by atoms with Crippen LogP contribution in [0.3, 0.4) is 0 Å². The number of hydrogen-bond acceptors (Lipinski definition) is 5. The molecule has 1 aliphatic rings. The zero-order valence-corrected chi connectivity index (χ0v) is 19.6. The fourth-order valence-electron chi connectivity index (χ4n) is 4.93. The summed E-state index contributed by atoms with van der Waals surface area (Å²) >= 11 is 0. The monoisotopic (exact) mass is 470 g/mol. The number of benzene rings is 4. The molecular weight excluding hydrogens is 448 g/mol. The summed E-state index contributed by atoms with van der Waals surface area (Å²) in [6.07, 6.45) is 1.66. The number of aryl methyl sites for hydroxylation is 1. The van der Waals surface area contributed by atoms with Crippen molar-refractivity contribution >= 4 is 16.4 Å². The molecule has 0 N–H and O–H groups in total. The van der Waals surface area contributed by atoms with E-state index in [2.05, 4.69) is 65.5 Å². The highest BCUT2D eigenvalue weighted by atomic mass is 16.5. The van der Waals surface area contributed by atoms with Crippen molar-refractivity contribution in [1.29, 1.82) is 0 Å². The van der Waals surface area contributed by atoms with E-state index in [1.165, 1.54) is 5.56 Å². The van der Waals surface area contributed by atoms with Gasteiger partial charge >= 0.3 is 0 Å². The maximum absolute atomic E-state index is 6.48. The molecule has 7 rings (SSSR count). The summed E-state index contributed by atoms with van der Waals surface area (Å²) in [6, 6.07) is 31.0. The van der Waals surface area contributed by atoms with E-state index in [9.17, 15) is 0 Å². The maximum atomic E-state index is 6.48. The van der Waals surface area contributed by atoms with Gasteiger partial charge in [-0.15, -0.1) is 5.10 Å². The van der Waals surface area contributed by atoms with Gasteiger partial charge in [0.1, 0.15) is 24.4 Å². The Balaban J connectivity index is 1.37. The molecule has 1 atom stereocenters. The molecule has 6 heteroatoms. The molecule has 0 radical (unpaired) electrons. The fraction of sp³-hybridized carbons (Fsp3) is 0.100. The molecule has 2 aromatic heterocycles. The van der Waals surface area contributed by atoms with Crippen molar-refractivity contribution in [2.45, 2.75) is 19.4 Å². The molecule has 1 aliphatic heterocycles. The lowest BCUT2D eigenvalue weighted by molar-refractivity contribution is 0.296. The van der Waals surface area contributed by atoms with Gasteiger partial charge in [-0.25, -0.2) is 14.5 Å². The molecule has 0 aliphatic carbocycles. The minimum Gasteiger partial charge on any atom is -0.486 e. The van der Waals surface area contributed by atoms with Crippen LogP contribution >= 0.6 is 0 Å². The molecule has 6 aromatic rings. The molecule has 4 aromatic carbocycles. The predicted molar refractivity (Wildman–Crippen MR) is 138 cm³/mol. The summed E-state index contributed by atoms with van der Waals surface area (Å²) in [5, 5.41) is 6.85. The van der Waals surface area contributed by atoms with Crippen molar-refractivity contribution in [3.63, 3.8) is 0 Å². The van der Waals surface area contributed by atoms with Crippen LogP contribution in [0.2, 0.25) is 0 Å². The van der Waals surface area contributed by atoms with Crippen LogP contribution in [0, 0.1) is 6.92 Å². The number of nitrogens with zero attached hydrogens (tertiary/aromatic N) is 4. The van der Waals surface area contributed by atoms with Crippen LogP contribution in [0.5, 0.6) is 17.4 Å². The summed E-state index contributed by atoms with van der Waals surface area (Å²) in [7, 11) is 0. The van der Waals surface area contributed by atoms with Gasteiger partial charge in [-0.3, -0.25) is 0 Å². The molecule has 0 saturated heterocycles. The van der Waals surface area contributed by atoms with Crippen LogP contribution in [0.4, 0.5) is 0 Å². The minimum absolute atomic E-state index is 0.0965. The molecule has 0 spiro atoms. The first-order valence-corrected chi connectivity index (χ1v) is 11.9. The summed E-state index contributed by atoms with van der Waals surface area (Å²) in [5.74, 6) is 2.67. The van der Waals surface area contributed by atoms with Crippen LogP contribution in [-0.2, 0) is 6.61 Å². The zero-order chi connectivity index (χ0) is 24.1. The van der Waals surface area contributed by atoms with Crippen molar-refractivity contribution < 1.29 is 9.47 Å². The van der Waals surface area contributed by atoms with Crippen molar-refractivity contribution in [1.82, 2.24) is 19.6 Å². The molecule has 0 amide bonds. The highest BCUT2D eigenvalue weighted by Gasteiger charge is 2.34. The summed E-state index contributed by atoms with van der Waals surface area (Å²) in [4.78, 5) is 9.54. The molecule has 1 unspecified atom stereocenters. The lowest BCUT2D eigenvalue weighted by Gasteiger charge is -2.28. The molecule has 0 fully saturated rings. The average molecular weight is 471 g/mol. The van der Waals surface area contributed by atoms with Crippen LogP contribution in [-0.4, -0.2) is 19.6 Å². The second-order valence-electron chi connectivity index (χ2n) is 9.01. The smallest absolute Gasteiger partial charge is 0.228 e. The van der Waals surface area contributed by atoms with E-state index in [0.717, 1.165) is 44.6 Å². The molecule has 174 valence electrons. The summed E-state index contributed by atoms with van der Waals surface area (Å²) < 4.78 is 14.1. The van der Waals surface area contributed by atoms with E-state index in [4.69, 9.17) is 14.5 Å². The molecular formula is C30H22N4O2. The Kier molecular flexibility index (Phi) is 4.70. The van der Waals surface area contributed by atoms with Gasteiger partial charge in [0.05, 0.1) is 5.56 Å². The number of fused-ring (bicyclic) bond motifs is 6. The van der Waals surface area contributed by atoms with Gasteiger partial charge in [0.15, 0.2) is 11.5 Å². The standard InChI is InChI=1S/C30H22N4O2/c1-19-11-14-22(15-12-19)35-17-25-32-29-27-26(21-8-3-2-4-9-21)24-16-13-20-7-5-6-10-23(20)28(24)36-30(27)31-18-34(29)33-25/h2-16,18,26H,17H2,1H3. The van der Waals surface area contributed by atoms with Gasteiger partial charge in [0.2, 0.25) is 5.88 Å². The van der Waals surface area contributed by atoms with E-state index in [1.54, 1.807) is 10.8 Å². The average Bonchev–Trinajstić information content (AvgIpc) is 3.35. The SMILES string of the molecule is Cc1ccc(OCc2nc3c4c(ncn3n2)Oc2c(ccc3ccccc23)C4c2ccccc2)cc1. The zero-order valence-electron chi connectivity index (χ0n) is 19.6. The van der Waals surface area contributed by atoms with Crippen LogP contribution < -0.4 is 9.47 Å². The second-order valence-corrected chi connectivity index (χ2v) is 9.01. The fourth-order valence-corrected chi connectivity index (χ4v) is 4.93. The molecule has 0 bridgehead atoms. The number of ether oxygens (including phenoxy) is 2. The molecule has 0 saturated carbocycles. The number of rotatable bonds is 4. The van der Waals surface area contributed by atoms with Gasteiger partial charge in [-0.2, -0.15) is 0 Å². The van der Waals surface area contributed by atoms with Crippen molar-refractivity contribution in [2.24, 2.45) is 0 Å². The topological polar surface area (TPSA) is 61.5 Å². The molecule has 3 heterocycles. The van der Waals surface area contributed by atoms with E-state index >= 15 is 0 Å². The van der Waals surface area contributed by atoms with E-state index < -0.39 is 0 Å². The Hall–Kier alpha value is -4.71. The lowest BCUT2D eigenvalue weighted by Crippen LogP contribution is -2.15. The Morgan fingerprint density at radius 1 is 0.889 bits per heavy atom. The van der Waals surface area contributed by atoms with Crippen LogP contribution in [0.15, 0.2) is 97.3 Å².